The van der Waals surface area contributed by atoms with Crippen molar-refractivity contribution in [2.75, 3.05) is 6.54 Å². The Bertz CT molecular complexity index is 611. The first kappa shape index (κ1) is 15.5. The van der Waals surface area contributed by atoms with E-state index in [1.165, 1.54) is 10.9 Å². The summed E-state index contributed by atoms with van der Waals surface area (Å²) in [6.45, 7) is 5.91. The number of para-hydroxylation sites is 1. The SMILES string of the molecule is CCCNC(C)(C#N)CCCCn1ncc2ccccc21. The zero-order chi connectivity index (χ0) is 15.1. The number of hydrogen-bond acceptors (Lipinski definition) is 3. The van der Waals surface area contributed by atoms with Crippen LogP contribution in [0, 0.1) is 11.3 Å². The Morgan fingerprint density at radius 2 is 2.14 bits per heavy atom. The van der Waals surface area contributed by atoms with E-state index in [0.29, 0.717) is 0 Å². The van der Waals surface area contributed by atoms with Crippen molar-refractivity contribution in [2.24, 2.45) is 0 Å². The van der Waals surface area contributed by atoms with E-state index in [4.69, 9.17) is 0 Å². The molecule has 0 saturated heterocycles. The summed E-state index contributed by atoms with van der Waals surface area (Å²) in [6, 6.07) is 10.7. The maximum Gasteiger partial charge on any atom is 0.103 e. The highest BCUT2D eigenvalue weighted by atomic mass is 15.3. The first-order valence-electron chi connectivity index (χ1n) is 7.75. The zero-order valence-corrected chi connectivity index (χ0v) is 13.0. The molecule has 0 aliphatic rings. The summed E-state index contributed by atoms with van der Waals surface area (Å²) in [7, 11) is 0. The molecule has 0 aliphatic carbocycles. The van der Waals surface area contributed by atoms with Crippen molar-refractivity contribution in [3.63, 3.8) is 0 Å². The lowest BCUT2D eigenvalue weighted by Gasteiger charge is -2.22. The van der Waals surface area contributed by atoms with Gasteiger partial charge >= 0.3 is 0 Å². The van der Waals surface area contributed by atoms with Gasteiger partial charge in [-0.3, -0.25) is 10.00 Å². The summed E-state index contributed by atoms with van der Waals surface area (Å²) in [5.74, 6) is 0. The number of hydrogen-bond donors (Lipinski definition) is 1. The second kappa shape index (κ2) is 7.24. The lowest BCUT2D eigenvalue weighted by atomic mass is 9.96. The largest absolute Gasteiger partial charge is 0.300 e. The van der Waals surface area contributed by atoms with Crippen molar-refractivity contribution < 1.29 is 0 Å². The molecule has 2 rings (SSSR count). The van der Waals surface area contributed by atoms with Crippen LogP contribution in [0.15, 0.2) is 30.5 Å². The minimum absolute atomic E-state index is 0.401. The fourth-order valence-corrected chi connectivity index (χ4v) is 2.53. The van der Waals surface area contributed by atoms with E-state index in [0.717, 1.165) is 38.8 Å². The summed E-state index contributed by atoms with van der Waals surface area (Å²) < 4.78 is 2.05. The number of nitrogens with one attached hydrogen (secondary N) is 1. The van der Waals surface area contributed by atoms with Crippen LogP contribution in [0.2, 0.25) is 0 Å². The van der Waals surface area contributed by atoms with Gasteiger partial charge < -0.3 is 0 Å². The number of aryl methyl sites for hydroxylation is 1. The van der Waals surface area contributed by atoms with E-state index < -0.39 is 5.54 Å². The maximum absolute atomic E-state index is 9.31. The Balaban J connectivity index is 1.83. The number of aromatic nitrogens is 2. The van der Waals surface area contributed by atoms with Gasteiger partial charge in [-0.05, 0) is 45.2 Å². The van der Waals surface area contributed by atoms with Crippen LogP contribution >= 0.6 is 0 Å². The van der Waals surface area contributed by atoms with Gasteiger partial charge in [-0.2, -0.15) is 10.4 Å². The Labute approximate surface area is 126 Å². The van der Waals surface area contributed by atoms with Crippen LogP contribution in [0.4, 0.5) is 0 Å². The van der Waals surface area contributed by atoms with Crippen LogP contribution in [0.1, 0.15) is 39.5 Å². The number of nitriles is 1. The number of nitrogens with zero attached hydrogens (tertiary/aromatic N) is 3. The standard InChI is InChI=1S/C17H24N4/c1-3-11-19-17(2,14-18)10-6-7-12-21-16-9-5-4-8-15(16)13-20-21/h4-5,8-9,13,19H,3,6-7,10-12H2,1-2H3. The topological polar surface area (TPSA) is 53.6 Å². The lowest BCUT2D eigenvalue weighted by molar-refractivity contribution is 0.394. The average Bonchev–Trinajstić information content (AvgIpc) is 2.93. The molecule has 0 bridgehead atoms. The van der Waals surface area contributed by atoms with Crippen LogP contribution in [0.5, 0.6) is 0 Å². The summed E-state index contributed by atoms with van der Waals surface area (Å²) in [6.07, 6.45) is 5.91. The molecule has 4 heteroatoms. The highest BCUT2D eigenvalue weighted by Crippen LogP contribution is 2.16. The zero-order valence-electron chi connectivity index (χ0n) is 13.0. The molecule has 0 spiro atoms. The molecule has 0 saturated carbocycles. The van der Waals surface area contributed by atoms with Gasteiger partial charge in [0.15, 0.2) is 0 Å². The first-order valence-corrected chi connectivity index (χ1v) is 7.75. The van der Waals surface area contributed by atoms with Gasteiger partial charge in [-0.1, -0.05) is 25.1 Å². The Morgan fingerprint density at radius 1 is 1.33 bits per heavy atom. The number of rotatable bonds is 8. The Kier molecular flexibility index (Phi) is 5.35. The fraction of sp³-hybridized carbons (Fsp3) is 0.529. The maximum atomic E-state index is 9.31. The summed E-state index contributed by atoms with van der Waals surface area (Å²) in [5.41, 5.74) is 0.784. The summed E-state index contributed by atoms with van der Waals surface area (Å²) >= 11 is 0. The van der Waals surface area contributed by atoms with E-state index in [2.05, 4.69) is 40.2 Å². The number of benzene rings is 1. The molecule has 21 heavy (non-hydrogen) atoms. The van der Waals surface area contributed by atoms with Gasteiger partial charge in [0, 0.05) is 11.9 Å². The van der Waals surface area contributed by atoms with Crippen LogP contribution in [0.3, 0.4) is 0 Å². The monoisotopic (exact) mass is 284 g/mol. The van der Waals surface area contributed by atoms with Crippen LogP contribution in [-0.2, 0) is 6.54 Å². The summed E-state index contributed by atoms with van der Waals surface area (Å²) in [5, 5.41) is 18.3. The molecule has 1 heterocycles. The molecule has 2 aromatic rings. The highest BCUT2D eigenvalue weighted by Gasteiger charge is 2.21. The van der Waals surface area contributed by atoms with Crippen LogP contribution in [0.25, 0.3) is 10.9 Å². The van der Waals surface area contributed by atoms with Gasteiger partial charge in [0.25, 0.3) is 0 Å². The van der Waals surface area contributed by atoms with Crippen molar-refractivity contribution in [1.82, 2.24) is 15.1 Å². The quantitative estimate of drug-likeness (QED) is 0.755. The van der Waals surface area contributed by atoms with Crippen molar-refractivity contribution >= 4 is 10.9 Å². The normalized spacial score (nSPS) is 14.0. The van der Waals surface area contributed by atoms with Crippen molar-refractivity contribution in [1.29, 1.82) is 5.26 Å². The third kappa shape index (κ3) is 4.05. The molecule has 1 N–H and O–H groups in total. The van der Waals surface area contributed by atoms with Gasteiger partial charge in [-0.15, -0.1) is 0 Å². The smallest absolute Gasteiger partial charge is 0.103 e. The van der Waals surface area contributed by atoms with E-state index in [-0.39, 0.29) is 0 Å². The molecule has 1 aromatic heterocycles. The van der Waals surface area contributed by atoms with E-state index >= 15 is 0 Å². The van der Waals surface area contributed by atoms with Crippen LogP contribution in [-0.4, -0.2) is 21.9 Å². The molecular weight excluding hydrogens is 260 g/mol. The average molecular weight is 284 g/mol. The highest BCUT2D eigenvalue weighted by molar-refractivity contribution is 5.78. The molecule has 1 unspecified atom stereocenters. The lowest BCUT2D eigenvalue weighted by Crippen LogP contribution is -2.41. The molecular formula is C17H24N4. The predicted molar refractivity (Wildman–Crippen MR) is 85.9 cm³/mol. The molecule has 112 valence electrons. The second-order valence-corrected chi connectivity index (χ2v) is 5.75. The minimum atomic E-state index is -0.401. The van der Waals surface area contributed by atoms with E-state index in [9.17, 15) is 5.26 Å². The molecule has 0 aliphatic heterocycles. The van der Waals surface area contributed by atoms with Gasteiger partial charge in [0.05, 0.1) is 17.8 Å². The first-order chi connectivity index (χ1) is 10.2. The molecule has 1 aromatic carbocycles. The molecule has 4 nitrogen and oxygen atoms in total. The van der Waals surface area contributed by atoms with Crippen LogP contribution < -0.4 is 5.32 Å². The van der Waals surface area contributed by atoms with Crippen molar-refractivity contribution in [3.05, 3.63) is 30.5 Å². The van der Waals surface area contributed by atoms with E-state index in [1.54, 1.807) is 0 Å². The van der Waals surface area contributed by atoms with Gasteiger partial charge in [0.1, 0.15) is 5.54 Å². The molecule has 0 fully saturated rings. The third-order valence-corrected chi connectivity index (χ3v) is 3.86. The molecule has 1 atom stereocenters. The minimum Gasteiger partial charge on any atom is -0.300 e. The predicted octanol–water partition coefficient (Wildman–Crippen LogP) is 3.49. The van der Waals surface area contributed by atoms with Crippen molar-refractivity contribution in [2.45, 2.75) is 51.6 Å². The molecule has 0 amide bonds. The fourth-order valence-electron chi connectivity index (χ4n) is 2.53. The Morgan fingerprint density at radius 3 is 2.90 bits per heavy atom. The Hall–Kier alpha value is -1.86. The van der Waals surface area contributed by atoms with Gasteiger partial charge in [-0.25, -0.2) is 0 Å². The van der Waals surface area contributed by atoms with Crippen molar-refractivity contribution in [3.8, 4) is 6.07 Å². The third-order valence-electron chi connectivity index (χ3n) is 3.86. The molecule has 0 radical (unpaired) electrons. The van der Waals surface area contributed by atoms with Gasteiger partial charge in [0.2, 0.25) is 0 Å². The number of unbranched alkanes of at least 4 members (excludes halogenated alkanes) is 1. The number of fused-ring (bicyclic) bond motifs is 1. The second-order valence-electron chi connectivity index (χ2n) is 5.75. The van der Waals surface area contributed by atoms with E-state index in [1.807, 2.05) is 25.3 Å². The summed E-state index contributed by atoms with van der Waals surface area (Å²) in [4.78, 5) is 0.